The van der Waals surface area contributed by atoms with Gasteiger partial charge in [0.1, 0.15) is 11.5 Å². The largest absolute Gasteiger partial charge is 0.457 e. The lowest BCUT2D eigenvalue weighted by molar-refractivity contribution is 0.482. The molecule has 0 bridgehead atoms. The van der Waals surface area contributed by atoms with Gasteiger partial charge >= 0.3 is 0 Å². The number of nitrogens with zero attached hydrogens (tertiary/aromatic N) is 2. The number of aryl methyl sites for hydroxylation is 2. The van der Waals surface area contributed by atoms with Gasteiger partial charge in [0.05, 0.1) is 11.9 Å². The van der Waals surface area contributed by atoms with E-state index >= 15 is 0 Å². The van der Waals surface area contributed by atoms with Gasteiger partial charge in [0, 0.05) is 5.38 Å². The van der Waals surface area contributed by atoms with Gasteiger partial charge in [0.25, 0.3) is 0 Å². The van der Waals surface area contributed by atoms with E-state index in [-0.39, 0.29) is 0 Å². The third-order valence-corrected chi connectivity index (χ3v) is 3.96. The molecular weight excluding hydrogens is 306 g/mol. The number of rotatable bonds is 5. The van der Waals surface area contributed by atoms with Crippen molar-refractivity contribution < 1.29 is 4.74 Å². The van der Waals surface area contributed by atoms with Crippen LogP contribution in [-0.2, 0) is 0 Å². The van der Waals surface area contributed by atoms with E-state index in [0.29, 0.717) is 0 Å². The normalized spacial score (nSPS) is 10.9. The number of ether oxygens (including phenoxy) is 1. The molecule has 0 spiro atoms. The molecule has 1 aromatic heterocycles. The molecule has 0 saturated heterocycles. The zero-order valence-electron chi connectivity index (χ0n) is 13.0. The van der Waals surface area contributed by atoms with Crippen molar-refractivity contribution in [3.8, 4) is 11.5 Å². The molecule has 1 N–H and O–H groups in total. The van der Waals surface area contributed by atoms with E-state index in [1.807, 2.05) is 67.8 Å². The number of thiazole rings is 1. The summed E-state index contributed by atoms with van der Waals surface area (Å²) >= 11 is 1.53. The Morgan fingerprint density at radius 3 is 2.61 bits per heavy atom. The number of benzene rings is 2. The van der Waals surface area contributed by atoms with Crippen LogP contribution < -0.4 is 10.2 Å². The van der Waals surface area contributed by atoms with Gasteiger partial charge in [-0.2, -0.15) is 5.10 Å². The Morgan fingerprint density at radius 2 is 1.91 bits per heavy atom. The topological polar surface area (TPSA) is 46.5 Å². The van der Waals surface area contributed by atoms with Crippen LogP contribution in [0.3, 0.4) is 0 Å². The summed E-state index contributed by atoms with van der Waals surface area (Å²) in [6.07, 6.45) is 1.76. The molecule has 3 aromatic rings. The van der Waals surface area contributed by atoms with Gasteiger partial charge < -0.3 is 4.74 Å². The van der Waals surface area contributed by atoms with Crippen molar-refractivity contribution in [1.82, 2.24) is 4.98 Å². The van der Waals surface area contributed by atoms with Gasteiger partial charge in [-0.3, -0.25) is 5.43 Å². The van der Waals surface area contributed by atoms with E-state index in [2.05, 4.69) is 15.5 Å². The molecule has 1 heterocycles. The van der Waals surface area contributed by atoms with Gasteiger partial charge in [-0.1, -0.05) is 12.1 Å². The maximum Gasteiger partial charge on any atom is 0.203 e. The molecule has 116 valence electrons. The first kappa shape index (κ1) is 15.2. The summed E-state index contributed by atoms with van der Waals surface area (Å²) in [5.74, 6) is 1.64. The van der Waals surface area contributed by atoms with E-state index in [0.717, 1.165) is 27.9 Å². The Hall–Kier alpha value is -2.66. The molecule has 23 heavy (non-hydrogen) atoms. The van der Waals surface area contributed by atoms with Crippen molar-refractivity contribution in [3.05, 3.63) is 70.7 Å². The molecular formula is C18H17N3OS. The average Bonchev–Trinajstić information content (AvgIpc) is 2.95. The van der Waals surface area contributed by atoms with Crippen molar-refractivity contribution in [2.45, 2.75) is 13.8 Å². The Balaban J connectivity index is 1.60. The molecule has 0 saturated carbocycles. The van der Waals surface area contributed by atoms with Crippen molar-refractivity contribution in [3.63, 3.8) is 0 Å². The summed E-state index contributed by atoms with van der Waals surface area (Å²) in [7, 11) is 0. The second-order valence-electron chi connectivity index (χ2n) is 5.15. The first-order chi connectivity index (χ1) is 11.2. The summed E-state index contributed by atoms with van der Waals surface area (Å²) in [6.45, 7) is 4.00. The first-order valence-corrected chi connectivity index (χ1v) is 8.13. The van der Waals surface area contributed by atoms with Crippen LogP contribution in [0.2, 0.25) is 0 Å². The van der Waals surface area contributed by atoms with E-state index in [9.17, 15) is 0 Å². The molecule has 4 nitrogen and oxygen atoms in total. The number of hydrazone groups is 1. The Labute approximate surface area is 139 Å². The summed E-state index contributed by atoms with van der Waals surface area (Å²) in [5.41, 5.74) is 6.08. The summed E-state index contributed by atoms with van der Waals surface area (Å²) in [5, 5.41) is 6.95. The lowest BCUT2D eigenvalue weighted by Crippen LogP contribution is -1.90. The standard InChI is InChI=1S/C18H17N3OS/c1-13-4-3-5-17(10-13)22-16-8-6-15(7-9-16)11-19-21-18-20-14(2)12-23-18/h3-12H,1-2H3,(H,20,21). The minimum absolute atomic E-state index is 0.790. The van der Waals surface area contributed by atoms with Crippen LogP contribution in [0, 0.1) is 13.8 Å². The minimum Gasteiger partial charge on any atom is -0.457 e. The third kappa shape index (κ3) is 4.40. The summed E-state index contributed by atoms with van der Waals surface area (Å²) < 4.78 is 5.82. The predicted molar refractivity (Wildman–Crippen MR) is 95.8 cm³/mol. The molecule has 0 amide bonds. The maximum atomic E-state index is 5.82. The second kappa shape index (κ2) is 7.07. The average molecular weight is 323 g/mol. The molecule has 0 atom stereocenters. The van der Waals surface area contributed by atoms with Crippen molar-refractivity contribution in [2.75, 3.05) is 5.43 Å². The highest BCUT2D eigenvalue weighted by molar-refractivity contribution is 7.13. The molecule has 2 aromatic carbocycles. The van der Waals surface area contributed by atoms with E-state index in [1.165, 1.54) is 16.9 Å². The Kier molecular flexibility index (Phi) is 4.68. The van der Waals surface area contributed by atoms with Crippen LogP contribution in [0.15, 0.2) is 59.0 Å². The maximum absolute atomic E-state index is 5.82. The van der Waals surface area contributed by atoms with Crippen LogP contribution in [-0.4, -0.2) is 11.2 Å². The fourth-order valence-electron chi connectivity index (χ4n) is 2.00. The van der Waals surface area contributed by atoms with Gasteiger partial charge in [0.2, 0.25) is 5.13 Å². The van der Waals surface area contributed by atoms with Gasteiger partial charge in [-0.25, -0.2) is 4.98 Å². The zero-order chi connectivity index (χ0) is 16.1. The van der Waals surface area contributed by atoms with E-state index in [4.69, 9.17) is 4.74 Å². The molecule has 0 aliphatic rings. The van der Waals surface area contributed by atoms with E-state index < -0.39 is 0 Å². The zero-order valence-corrected chi connectivity index (χ0v) is 13.8. The summed E-state index contributed by atoms with van der Waals surface area (Å²) in [4.78, 5) is 4.28. The van der Waals surface area contributed by atoms with Gasteiger partial charge in [-0.05, 0) is 61.4 Å². The van der Waals surface area contributed by atoms with Crippen LogP contribution >= 0.6 is 11.3 Å². The first-order valence-electron chi connectivity index (χ1n) is 7.25. The molecule has 0 radical (unpaired) electrons. The Bertz CT molecular complexity index is 809. The molecule has 0 aliphatic carbocycles. The molecule has 3 rings (SSSR count). The van der Waals surface area contributed by atoms with Gasteiger partial charge in [-0.15, -0.1) is 11.3 Å². The lowest BCUT2D eigenvalue weighted by Gasteiger charge is -2.06. The quantitative estimate of drug-likeness (QED) is 0.531. The van der Waals surface area contributed by atoms with Crippen molar-refractivity contribution in [1.29, 1.82) is 0 Å². The van der Waals surface area contributed by atoms with Crippen LogP contribution in [0.4, 0.5) is 5.13 Å². The second-order valence-corrected chi connectivity index (χ2v) is 6.01. The number of hydrogen-bond acceptors (Lipinski definition) is 5. The highest BCUT2D eigenvalue weighted by atomic mass is 32.1. The molecule has 0 fully saturated rings. The SMILES string of the molecule is Cc1cccc(Oc2ccc(C=NNc3nc(C)cs3)cc2)c1. The van der Waals surface area contributed by atoms with E-state index in [1.54, 1.807) is 6.21 Å². The fraction of sp³-hybridized carbons (Fsp3) is 0.111. The van der Waals surface area contributed by atoms with Crippen LogP contribution in [0.25, 0.3) is 0 Å². The van der Waals surface area contributed by atoms with Crippen molar-refractivity contribution in [2.24, 2.45) is 5.10 Å². The third-order valence-electron chi connectivity index (χ3n) is 3.10. The fourth-order valence-corrected chi connectivity index (χ4v) is 2.64. The van der Waals surface area contributed by atoms with Crippen molar-refractivity contribution >= 4 is 22.7 Å². The lowest BCUT2D eigenvalue weighted by atomic mass is 10.2. The smallest absolute Gasteiger partial charge is 0.203 e. The Morgan fingerprint density at radius 1 is 1.09 bits per heavy atom. The highest BCUT2D eigenvalue weighted by Gasteiger charge is 1.98. The minimum atomic E-state index is 0.790. The number of nitrogens with one attached hydrogen (secondary N) is 1. The van der Waals surface area contributed by atoms with Gasteiger partial charge in [0.15, 0.2) is 0 Å². The molecule has 0 unspecified atom stereocenters. The monoisotopic (exact) mass is 323 g/mol. The number of anilines is 1. The predicted octanol–water partition coefficient (Wildman–Crippen LogP) is 5.00. The molecule has 5 heteroatoms. The van der Waals surface area contributed by atoms with Crippen LogP contribution in [0.5, 0.6) is 11.5 Å². The molecule has 0 aliphatic heterocycles. The number of aromatic nitrogens is 1. The van der Waals surface area contributed by atoms with Crippen LogP contribution in [0.1, 0.15) is 16.8 Å². The summed E-state index contributed by atoms with van der Waals surface area (Å²) in [6, 6.07) is 15.8. The number of hydrogen-bond donors (Lipinski definition) is 1. The highest BCUT2D eigenvalue weighted by Crippen LogP contribution is 2.22.